The van der Waals surface area contributed by atoms with Gasteiger partial charge in [0.1, 0.15) is 17.6 Å². The molecule has 2 N–H and O–H groups in total. The van der Waals surface area contributed by atoms with E-state index in [1.54, 1.807) is 20.1 Å². The molecule has 8 nitrogen and oxygen atoms in total. The van der Waals surface area contributed by atoms with Crippen molar-refractivity contribution in [1.82, 2.24) is 25.4 Å². The lowest BCUT2D eigenvalue weighted by atomic mass is 9.95. The molecular weight excluding hydrogens is 394 g/mol. The van der Waals surface area contributed by atoms with Crippen molar-refractivity contribution >= 4 is 17.9 Å². The van der Waals surface area contributed by atoms with Gasteiger partial charge in [-0.3, -0.25) is 14.7 Å². The van der Waals surface area contributed by atoms with E-state index >= 15 is 0 Å². The molecule has 2 fully saturated rings. The van der Waals surface area contributed by atoms with Crippen LogP contribution in [-0.2, 0) is 9.59 Å². The van der Waals surface area contributed by atoms with Crippen LogP contribution >= 0.6 is 0 Å². The maximum Gasteiger partial charge on any atom is 0.244 e. The first kappa shape index (κ1) is 21.1. The predicted molar refractivity (Wildman–Crippen MR) is 117 cm³/mol. The van der Waals surface area contributed by atoms with E-state index in [2.05, 4.69) is 20.5 Å². The van der Waals surface area contributed by atoms with E-state index < -0.39 is 6.04 Å². The molecule has 164 valence electrons. The highest BCUT2D eigenvalue weighted by atomic mass is 16.5. The zero-order chi connectivity index (χ0) is 21.8. The summed E-state index contributed by atoms with van der Waals surface area (Å²) in [5.74, 6) is 3.14. The van der Waals surface area contributed by atoms with E-state index in [4.69, 9.17) is 4.74 Å². The Morgan fingerprint density at radius 2 is 1.87 bits per heavy atom. The third-order valence-electron chi connectivity index (χ3n) is 5.93. The first-order chi connectivity index (χ1) is 15.0. The number of aromatic nitrogens is 3. The quantitative estimate of drug-likeness (QED) is 0.667. The number of nitrogens with one attached hydrogen (secondary N) is 2. The van der Waals surface area contributed by atoms with Gasteiger partial charge in [-0.15, -0.1) is 0 Å². The van der Waals surface area contributed by atoms with Crippen molar-refractivity contribution in [3.63, 3.8) is 0 Å². The van der Waals surface area contributed by atoms with Crippen LogP contribution in [0, 0.1) is 0 Å². The summed E-state index contributed by atoms with van der Waals surface area (Å²) in [5.41, 5.74) is 0.884. The molecule has 2 amide bonds. The second kappa shape index (κ2) is 9.32. The largest absolute Gasteiger partial charge is 0.497 e. The van der Waals surface area contributed by atoms with Gasteiger partial charge in [0.05, 0.1) is 7.11 Å². The van der Waals surface area contributed by atoms with Crippen LogP contribution in [0.4, 0.5) is 0 Å². The fraction of sp³-hybridized carbons (Fsp3) is 0.478. The molecule has 4 rings (SSSR count). The van der Waals surface area contributed by atoms with Gasteiger partial charge in [-0.05, 0) is 56.4 Å². The number of carbonyl (C=O) groups excluding carboxylic acids is 2. The Morgan fingerprint density at radius 3 is 2.52 bits per heavy atom. The Labute approximate surface area is 182 Å². The van der Waals surface area contributed by atoms with Crippen LogP contribution in [0.15, 0.2) is 30.3 Å². The lowest BCUT2D eigenvalue weighted by Crippen LogP contribution is -2.48. The number of rotatable bonds is 7. The Morgan fingerprint density at radius 1 is 1.16 bits per heavy atom. The van der Waals surface area contributed by atoms with Gasteiger partial charge in [-0.25, -0.2) is 4.98 Å². The summed E-state index contributed by atoms with van der Waals surface area (Å²) in [4.78, 5) is 31.5. The van der Waals surface area contributed by atoms with Gasteiger partial charge in [0.2, 0.25) is 11.8 Å². The molecule has 1 saturated carbocycles. The van der Waals surface area contributed by atoms with E-state index in [1.807, 2.05) is 29.2 Å². The maximum absolute atomic E-state index is 12.8. The summed E-state index contributed by atoms with van der Waals surface area (Å²) < 4.78 is 5.12. The molecule has 31 heavy (non-hydrogen) atoms. The van der Waals surface area contributed by atoms with E-state index in [0.29, 0.717) is 24.9 Å². The predicted octanol–water partition coefficient (Wildman–Crippen LogP) is 2.61. The summed E-state index contributed by atoms with van der Waals surface area (Å²) in [5, 5.41) is 10.2. The fourth-order valence-corrected chi connectivity index (χ4v) is 3.85. The Kier molecular flexibility index (Phi) is 6.34. The summed E-state index contributed by atoms with van der Waals surface area (Å²) in [6.45, 7) is 3.04. The highest BCUT2D eigenvalue weighted by Crippen LogP contribution is 2.38. The number of piperidine rings is 1. The summed E-state index contributed by atoms with van der Waals surface area (Å²) in [6, 6.07) is 6.82. The van der Waals surface area contributed by atoms with Crippen molar-refractivity contribution in [1.29, 1.82) is 0 Å². The van der Waals surface area contributed by atoms with Crippen molar-refractivity contribution in [3.8, 4) is 5.75 Å². The van der Waals surface area contributed by atoms with Gasteiger partial charge in [-0.2, -0.15) is 5.10 Å². The molecule has 1 aliphatic heterocycles. The van der Waals surface area contributed by atoms with Crippen LogP contribution in [0.25, 0.3) is 6.08 Å². The number of likely N-dealkylation sites (tertiary alicyclic amines) is 1. The topological polar surface area (TPSA) is 100 Å². The highest BCUT2D eigenvalue weighted by Gasteiger charge is 2.31. The molecule has 1 aliphatic carbocycles. The Balaban J connectivity index is 1.24. The molecule has 2 aliphatic rings. The SMILES string of the molecule is COc1ccc(/C=C/C(=O)NC(C)C(=O)N2CCC(c3nc(C4CC4)n[nH]3)CC2)cc1. The Hall–Kier alpha value is -3.16. The minimum Gasteiger partial charge on any atom is -0.497 e. The summed E-state index contributed by atoms with van der Waals surface area (Å²) >= 11 is 0. The molecular formula is C23H29N5O3. The minimum atomic E-state index is -0.573. The van der Waals surface area contributed by atoms with Gasteiger partial charge >= 0.3 is 0 Å². The van der Waals surface area contributed by atoms with Crippen LogP contribution in [0.1, 0.15) is 61.7 Å². The van der Waals surface area contributed by atoms with Crippen molar-refractivity contribution in [3.05, 3.63) is 47.6 Å². The Bertz CT molecular complexity index is 940. The fourth-order valence-electron chi connectivity index (χ4n) is 3.85. The normalized spacial score (nSPS) is 18.2. The molecule has 2 heterocycles. The van der Waals surface area contributed by atoms with E-state index in [-0.39, 0.29) is 11.8 Å². The number of hydrogen-bond acceptors (Lipinski definition) is 5. The van der Waals surface area contributed by atoms with Crippen LogP contribution < -0.4 is 10.1 Å². The molecule has 0 radical (unpaired) electrons. The number of aromatic amines is 1. The van der Waals surface area contributed by atoms with Gasteiger partial charge in [0.25, 0.3) is 0 Å². The number of amides is 2. The average molecular weight is 424 g/mol. The minimum absolute atomic E-state index is 0.0547. The third kappa shape index (κ3) is 5.31. The molecule has 0 spiro atoms. The first-order valence-electron chi connectivity index (χ1n) is 10.9. The monoisotopic (exact) mass is 423 g/mol. The van der Waals surface area contributed by atoms with Gasteiger partial charge in [-0.1, -0.05) is 12.1 Å². The van der Waals surface area contributed by atoms with Crippen molar-refractivity contribution in [2.24, 2.45) is 0 Å². The van der Waals surface area contributed by atoms with Crippen molar-refractivity contribution < 1.29 is 14.3 Å². The third-order valence-corrected chi connectivity index (χ3v) is 5.93. The number of hydrogen-bond donors (Lipinski definition) is 2. The zero-order valence-corrected chi connectivity index (χ0v) is 18.0. The van der Waals surface area contributed by atoms with E-state index in [1.165, 1.54) is 18.9 Å². The van der Waals surface area contributed by atoms with Crippen LogP contribution in [0.5, 0.6) is 5.75 Å². The average Bonchev–Trinajstić information content (AvgIpc) is 3.54. The zero-order valence-electron chi connectivity index (χ0n) is 18.0. The number of nitrogens with zero attached hydrogens (tertiary/aromatic N) is 3. The molecule has 1 aromatic heterocycles. The van der Waals surface area contributed by atoms with Crippen LogP contribution in [0.3, 0.4) is 0 Å². The smallest absolute Gasteiger partial charge is 0.244 e. The number of H-pyrrole nitrogens is 1. The summed E-state index contributed by atoms with van der Waals surface area (Å²) in [7, 11) is 1.61. The van der Waals surface area contributed by atoms with E-state index in [9.17, 15) is 9.59 Å². The second-order valence-corrected chi connectivity index (χ2v) is 8.29. The van der Waals surface area contributed by atoms with E-state index in [0.717, 1.165) is 35.8 Å². The van der Waals surface area contributed by atoms with Gasteiger partial charge < -0.3 is 15.0 Å². The lowest BCUT2D eigenvalue weighted by Gasteiger charge is -2.32. The van der Waals surface area contributed by atoms with Gasteiger partial charge in [0, 0.05) is 31.0 Å². The standard InChI is InChI=1S/C23H29N5O3/c1-15(24-20(29)10-5-16-3-8-19(31-2)9-4-16)23(30)28-13-11-18(12-14-28)22-25-21(26-27-22)17-6-7-17/h3-5,8-10,15,17-18H,6-7,11-14H2,1-2H3,(H,24,29)(H,25,26,27)/b10-5+. The lowest BCUT2D eigenvalue weighted by molar-refractivity contribution is -0.136. The molecule has 1 unspecified atom stereocenters. The number of ether oxygens (including phenoxy) is 1. The second-order valence-electron chi connectivity index (χ2n) is 8.29. The summed E-state index contributed by atoms with van der Waals surface area (Å²) in [6.07, 6.45) is 7.22. The number of methoxy groups -OCH3 is 1. The van der Waals surface area contributed by atoms with Gasteiger partial charge in [0.15, 0.2) is 5.82 Å². The van der Waals surface area contributed by atoms with Crippen molar-refractivity contribution in [2.45, 2.75) is 50.5 Å². The maximum atomic E-state index is 12.8. The molecule has 1 saturated heterocycles. The van der Waals surface area contributed by atoms with Crippen molar-refractivity contribution in [2.75, 3.05) is 20.2 Å². The highest BCUT2D eigenvalue weighted by molar-refractivity contribution is 5.95. The molecule has 2 aromatic rings. The molecule has 0 bridgehead atoms. The first-order valence-corrected chi connectivity index (χ1v) is 10.9. The molecule has 1 aromatic carbocycles. The molecule has 1 atom stereocenters. The molecule has 8 heteroatoms. The number of carbonyl (C=O) groups is 2. The number of benzene rings is 1. The van der Waals surface area contributed by atoms with Crippen LogP contribution in [-0.4, -0.2) is 58.1 Å². The van der Waals surface area contributed by atoms with Crippen LogP contribution in [0.2, 0.25) is 0 Å².